The highest BCUT2D eigenvalue weighted by Crippen LogP contribution is 2.28. The van der Waals surface area contributed by atoms with E-state index in [0.29, 0.717) is 11.5 Å². The second kappa shape index (κ2) is 14.1. The molecule has 0 saturated carbocycles. The minimum Gasteiger partial charge on any atom is -0.489 e. The molecule has 1 saturated heterocycles. The quantitative estimate of drug-likeness (QED) is 0.236. The molecule has 0 bridgehead atoms. The number of rotatable bonds is 11. The van der Waals surface area contributed by atoms with Gasteiger partial charge in [-0.2, -0.15) is 0 Å². The van der Waals surface area contributed by atoms with Crippen molar-refractivity contribution in [1.82, 2.24) is 15.1 Å². The predicted octanol–water partition coefficient (Wildman–Crippen LogP) is 6.39. The van der Waals surface area contributed by atoms with E-state index in [1.165, 1.54) is 11.1 Å². The maximum Gasteiger partial charge on any atom is 0.251 e. The first-order chi connectivity index (χ1) is 20.0. The molecule has 1 aliphatic rings. The lowest BCUT2D eigenvalue weighted by atomic mass is 9.90. The van der Waals surface area contributed by atoms with Gasteiger partial charge in [-0.25, -0.2) is 0 Å². The van der Waals surface area contributed by atoms with Gasteiger partial charge < -0.3 is 15.0 Å². The normalized spacial score (nSPS) is 16.4. The zero-order chi connectivity index (χ0) is 28.4. The molecule has 0 spiro atoms. The lowest BCUT2D eigenvalue weighted by Gasteiger charge is -2.35. The summed E-state index contributed by atoms with van der Waals surface area (Å²) in [6.07, 6.45) is 2.18. The average molecular weight is 548 g/mol. The second-order valence-corrected chi connectivity index (χ2v) is 11.2. The van der Waals surface area contributed by atoms with Crippen LogP contribution in [0.2, 0.25) is 0 Å². The molecule has 1 heterocycles. The molecular formula is C36H41N3O2. The standard InChI is InChI=1S/C36H41N3O2/c1-38(2)27-35(30-18-10-5-11-19-30)37-36(40)31-20-12-21-32(24-31)41-33-22-13-23-39(25-33)26-34(28-14-6-3-7-15-28)29-16-8-4-9-17-29/h3-12,14-21,24,33-35H,13,22-23,25-27H2,1-2H3,(H,37,40). The van der Waals surface area contributed by atoms with Crippen molar-refractivity contribution in [3.8, 4) is 5.75 Å². The van der Waals surface area contributed by atoms with E-state index in [9.17, 15) is 4.79 Å². The summed E-state index contributed by atoms with van der Waals surface area (Å²) in [4.78, 5) is 17.9. The van der Waals surface area contributed by atoms with Crippen molar-refractivity contribution in [2.24, 2.45) is 0 Å². The SMILES string of the molecule is CN(C)CC(NC(=O)c1cccc(OC2CCCN(CC(c3ccccc3)c3ccccc3)C2)c1)c1ccccc1. The van der Waals surface area contributed by atoms with Crippen LogP contribution in [-0.4, -0.2) is 62.1 Å². The third-order valence-corrected chi connectivity index (χ3v) is 7.76. The van der Waals surface area contributed by atoms with E-state index in [4.69, 9.17) is 4.74 Å². The molecule has 5 nitrogen and oxygen atoms in total. The van der Waals surface area contributed by atoms with Crippen LogP contribution in [0.5, 0.6) is 5.75 Å². The third kappa shape index (κ3) is 8.06. The van der Waals surface area contributed by atoms with Crippen LogP contribution in [-0.2, 0) is 0 Å². The van der Waals surface area contributed by atoms with E-state index in [-0.39, 0.29) is 18.1 Å². The van der Waals surface area contributed by atoms with Gasteiger partial charge in [-0.3, -0.25) is 9.69 Å². The van der Waals surface area contributed by atoms with Crippen molar-refractivity contribution in [2.75, 3.05) is 40.3 Å². The zero-order valence-electron chi connectivity index (χ0n) is 24.2. The minimum absolute atomic E-state index is 0.0834. The van der Waals surface area contributed by atoms with Crippen LogP contribution in [0, 0.1) is 0 Å². The number of piperidine rings is 1. The molecule has 0 aliphatic carbocycles. The maximum atomic E-state index is 13.3. The summed E-state index contributed by atoms with van der Waals surface area (Å²) in [5.74, 6) is 0.962. The Labute approximate surface area is 244 Å². The van der Waals surface area contributed by atoms with E-state index in [1.54, 1.807) is 0 Å². The Hall–Kier alpha value is -3.93. The molecule has 4 aromatic carbocycles. The second-order valence-electron chi connectivity index (χ2n) is 11.2. The van der Waals surface area contributed by atoms with Crippen LogP contribution in [0.4, 0.5) is 0 Å². The molecule has 5 rings (SSSR count). The molecule has 1 N–H and O–H groups in total. The van der Waals surface area contributed by atoms with E-state index in [0.717, 1.165) is 50.3 Å². The maximum absolute atomic E-state index is 13.3. The van der Waals surface area contributed by atoms with Gasteiger partial charge in [0, 0.05) is 31.1 Å². The van der Waals surface area contributed by atoms with Crippen molar-refractivity contribution in [1.29, 1.82) is 0 Å². The average Bonchev–Trinajstić information content (AvgIpc) is 3.01. The third-order valence-electron chi connectivity index (χ3n) is 7.76. The number of carbonyl (C=O) groups excluding carboxylic acids is 1. The van der Waals surface area contributed by atoms with Gasteiger partial charge in [-0.15, -0.1) is 0 Å². The Morgan fingerprint density at radius 3 is 2.07 bits per heavy atom. The number of amides is 1. The fraction of sp³-hybridized carbons (Fsp3) is 0.306. The molecular weight excluding hydrogens is 506 g/mol. The highest BCUT2D eigenvalue weighted by atomic mass is 16.5. The number of nitrogens with one attached hydrogen (secondary N) is 1. The van der Waals surface area contributed by atoms with Gasteiger partial charge >= 0.3 is 0 Å². The fourth-order valence-electron chi connectivity index (χ4n) is 5.74. The Morgan fingerprint density at radius 2 is 1.46 bits per heavy atom. The molecule has 212 valence electrons. The van der Waals surface area contributed by atoms with Gasteiger partial charge in [-0.05, 0) is 68.4 Å². The number of likely N-dealkylation sites (N-methyl/N-ethyl adjacent to an activating group) is 1. The summed E-state index contributed by atoms with van der Waals surface area (Å²) in [7, 11) is 4.04. The van der Waals surface area contributed by atoms with E-state index >= 15 is 0 Å². The van der Waals surface area contributed by atoms with Crippen molar-refractivity contribution in [3.63, 3.8) is 0 Å². The Bertz CT molecular complexity index is 1320. The minimum atomic E-state index is -0.0997. The molecule has 4 aromatic rings. The molecule has 2 unspecified atom stereocenters. The summed E-state index contributed by atoms with van der Waals surface area (Å²) < 4.78 is 6.49. The summed E-state index contributed by atoms with van der Waals surface area (Å²) in [6, 6.07) is 39.2. The topological polar surface area (TPSA) is 44.8 Å². The van der Waals surface area contributed by atoms with Crippen LogP contribution in [0.1, 0.15) is 51.8 Å². The zero-order valence-corrected chi connectivity index (χ0v) is 24.2. The first-order valence-electron chi connectivity index (χ1n) is 14.6. The van der Waals surface area contributed by atoms with Crippen molar-refractivity contribution in [2.45, 2.75) is 30.9 Å². The fourth-order valence-corrected chi connectivity index (χ4v) is 5.74. The highest BCUT2D eigenvalue weighted by molar-refractivity contribution is 5.94. The van der Waals surface area contributed by atoms with E-state index < -0.39 is 0 Å². The number of hydrogen-bond donors (Lipinski definition) is 1. The van der Waals surface area contributed by atoms with Gasteiger partial charge in [0.05, 0.1) is 6.04 Å². The molecule has 41 heavy (non-hydrogen) atoms. The number of carbonyl (C=O) groups is 1. The van der Waals surface area contributed by atoms with Crippen molar-refractivity contribution >= 4 is 5.91 Å². The van der Waals surface area contributed by atoms with Gasteiger partial charge in [0.1, 0.15) is 11.9 Å². The van der Waals surface area contributed by atoms with Gasteiger partial charge in [0.2, 0.25) is 0 Å². The largest absolute Gasteiger partial charge is 0.489 e. The van der Waals surface area contributed by atoms with Crippen LogP contribution in [0.3, 0.4) is 0 Å². The van der Waals surface area contributed by atoms with Gasteiger partial charge in [0.15, 0.2) is 0 Å². The van der Waals surface area contributed by atoms with E-state index in [1.807, 2.05) is 56.6 Å². The molecule has 5 heteroatoms. The van der Waals surface area contributed by atoms with Crippen molar-refractivity contribution in [3.05, 3.63) is 138 Å². The lowest BCUT2D eigenvalue weighted by Crippen LogP contribution is -2.43. The molecule has 2 atom stereocenters. The van der Waals surface area contributed by atoms with Crippen LogP contribution in [0.25, 0.3) is 0 Å². The molecule has 1 aliphatic heterocycles. The van der Waals surface area contributed by atoms with Crippen LogP contribution < -0.4 is 10.1 Å². The summed E-state index contributed by atoms with van der Waals surface area (Å²) in [5.41, 5.74) is 4.38. The molecule has 0 radical (unpaired) electrons. The summed E-state index contributed by atoms with van der Waals surface area (Å²) in [5, 5.41) is 3.23. The number of benzene rings is 4. The Kier molecular flexibility index (Phi) is 9.84. The number of nitrogens with zero attached hydrogens (tertiary/aromatic N) is 2. The Morgan fingerprint density at radius 1 is 0.854 bits per heavy atom. The number of likely N-dealkylation sites (tertiary alicyclic amines) is 1. The monoisotopic (exact) mass is 547 g/mol. The molecule has 1 amide bonds. The van der Waals surface area contributed by atoms with Crippen LogP contribution >= 0.6 is 0 Å². The van der Waals surface area contributed by atoms with Gasteiger partial charge in [-0.1, -0.05) is 97.1 Å². The smallest absolute Gasteiger partial charge is 0.251 e. The Balaban J connectivity index is 1.24. The summed E-state index contributed by atoms with van der Waals surface area (Å²) >= 11 is 0. The lowest BCUT2D eigenvalue weighted by molar-refractivity contribution is 0.0859. The van der Waals surface area contributed by atoms with E-state index in [2.05, 4.69) is 87.9 Å². The van der Waals surface area contributed by atoms with Gasteiger partial charge in [0.25, 0.3) is 5.91 Å². The molecule has 1 fully saturated rings. The molecule has 0 aromatic heterocycles. The van der Waals surface area contributed by atoms with Crippen LogP contribution in [0.15, 0.2) is 115 Å². The number of ether oxygens (including phenoxy) is 1. The predicted molar refractivity (Wildman–Crippen MR) is 166 cm³/mol. The number of hydrogen-bond acceptors (Lipinski definition) is 4. The highest BCUT2D eigenvalue weighted by Gasteiger charge is 2.25. The summed E-state index contributed by atoms with van der Waals surface area (Å²) in [6.45, 7) is 3.59. The van der Waals surface area contributed by atoms with Crippen molar-refractivity contribution < 1.29 is 9.53 Å². The first kappa shape index (κ1) is 28.6. The first-order valence-corrected chi connectivity index (χ1v) is 14.6.